The number of Topliss-reactive ketones (excluding diaryl/α,β-unsaturated/α-hetero) is 1. The molecule has 48 heavy (non-hydrogen) atoms. The monoisotopic (exact) mass is 655 g/mol. The molecule has 0 aliphatic rings. The zero-order valence-corrected chi connectivity index (χ0v) is 25.9. The van der Waals surface area contributed by atoms with Gasteiger partial charge in [0.2, 0.25) is 0 Å². The lowest BCUT2D eigenvalue weighted by Gasteiger charge is -2.05. The SMILES string of the molecule is C.C.CCCCOc1ccc(C(=O)CC)cc1.Cc1cnc2ccccc2n1.O=c1[nH]cc(O)c2ccccc12.O=c1ccc(=O)[nH][nH]1. The van der Waals surface area contributed by atoms with E-state index >= 15 is 0 Å². The maximum Gasteiger partial charge on any atom is 0.262 e. The number of rotatable bonds is 6. The van der Waals surface area contributed by atoms with Gasteiger partial charge in [0.1, 0.15) is 11.5 Å². The Kier molecular flexibility index (Phi) is 17.6. The lowest BCUT2D eigenvalue weighted by molar-refractivity contribution is 0.0988. The predicted molar refractivity (Wildman–Crippen MR) is 193 cm³/mol. The Labute approximate surface area is 279 Å². The molecule has 254 valence electrons. The first kappa shape index (κ1) is 40.2. The standard InChI is InChI=1S/C13H18O2.C9H8N2.C9H7NO2.C4H4N2O2.2CH4/c1-3-5-10-15-12-8-6-11(7-9-12)13(14)4-2;1-7-6-10-8-4-2-3-5-9(8)11-7;11-8-5-10-9(12)7-4-2-1-3-6(7)8;7-3-1-2-4(8)6-5-3;;/h6-9H,3-5,10H2,1-2H3;2-6H,1H3;1-5,11H,(H,10,12);1-2H,(H,5,7)(H,6,8);2*1H4. The molecule has 0 fully saturated rings. The highest BCUT2D eigenvalue weighted by Gasteiger charge is 2.02. The molecule has 3 aromatic carbocycles. The first-order valence-electron chi connectivity index (χ1n) is 14.7. The minimum atomic E-state index is -0.301. The van der Waals surface area contributed by atoms with Gasteiger partial charge in [0.25, 0.3) is 16.7 Å². The van der Waals surface area contributed by atoms with E-state index in [2.05, 4.69) is 32.1 Å². The Morgan fingerprint density at radius 3 is 1.94 bits per heavy atom. The number of nitrogens with one attached hydrogen (secondary N) is 3. The van der Waals surface area contributed by atoms with Crippen molar-refractivity contribution in [1.82, 2.24) is 25.1 Å². The van der Waals surface area contributed by atoms with Gasteiger partial charge in [-0.2, -0.15) is 0 Å². The van der Waals surface area contributed by atoms with E-state index in [4.69, 9.17) is 4.74 Å². The Bertz CT molecular complexity index is 1960. The molecule has 11 heteroatoms. The highest BCUT2D eigenvalue weighted by molar-refractivity contribution is 5.95. The predicted octanol–water partition coefficient (Wildman–Crippen LogP) is 6.97. The molecule has 6 rings (SSSR count). The van der Waals surface area contributed by atoms with E-state index in [-0.39, 0.29) is 43.1 Å². The largest absolute Gasteiger partial charge is 0.506 e. The molecule has 0 unspecified atom stereocenters. The maximum absolute atomic E-state index is 11.3. The third-order valence-electron chi connectivity index (χ3n) is 6.32. The number of unbranched alkanes of at least 4 members (excludes halogenated alkanes) is 1. The normalized spacial score (nSPS) is 9.56. The van der Waals surface area contributed by atoms with Crippen LogP contribution in [0.2, 0.25) is 0 Å². The lowest BCUT2D eigenvalue weighted by Crippen LogP contribution is -2.14. The number of ketones is 1. The maximum atomic E-state index is 11.3. The van der Waals surface area contributed by atoms with E-state index in [1.807, 2.05) is 62.4 Å². The van der Waals surface area contributed by atoms with Crippen LogP contribution in [-0.4, -0.2) is 42.6 Å². The van der Waals surface area contributed by atoms with Gasteiger partial charge in [-0.05, 0) is 55.8 Å². The number of hydrogen-bond donors (Lipinski definition) is 4. The molecular weight excluding hydrogens is 610 g/mol. The fraction of sp³-hybridized carbons (Fsp3) is 0.243. The van der Waals surface area contributed by atoms with Crippen molar-refractivity contribution in [3.63, 3.8) is 0 Å². The molecular formula is C37H45N5O6. The first-order valence-corrected chi connectivity index (χ1v) is 14.7. The van der Waals surface area contributed by atoms with Gasteiger partial charge in [-0.15, -0.1) is 0 Å². The summed E-state index contributed by atoms with van der Waals surface area (Å²) in [6, 6.07) is 24.5. The molecule has 0 saturated carbocycles. The van der Waals surface area contributed by atoms with Gasteiger partial charge in [-0.1, -0.05) is 65.5 Å². The first-order chi connectivity index (χ1) is 22.2. The van der Waals surface area contributed by atoms with Gasteiger partial charge in [-0.25, -0.2) is 4.98 Å². The van der Waals surface area contributed by atoms with Gasteiger partial charge < -0.3 is 14.8 Å². The molecule has 4 N–H and O–H groups in total. The van der Waals surface area contributed by atoms with Crippen LogP contribution in [0.4, 0.5) is 0 Å². The summed E-state index contributed by atoms with van der Waals surface area (Å²) in [6.45, 7) is 6.69. The van der Waals surface area contributed by atoms with E-state index in [1.54, 1.807) is 30.5 Å². The Hall–Kier alpha value is -5.84. The topological polar surface area (TPSA) is 171 Å². The molecule has 0 radical (unpaired) electrons. The molecule has 0 saturated heterocycles. The third kappa shape index (κ3) is 12.9. The van der Waals surface area contributed by atoms with Crippen LogP contribution in [-0.2, 0) is 0 Å². The summed E-state index contributed by atoms with van der Waals surface area (Å²) < 4.78 is 5.50. The number of hydrogen-bond acceptors (Lipinski definition) is 8. The number of fused-ring (bicyclic) bond motifs is 2. The fourth-order valence-electron chi connectivity index (χ4n) is 3.88. The van der Waals surface area contributed by atoms with E-state index in [9.17, 15) is 24.3 Å². The summed E-state index contributed by atoms with van der Waals surface area (Å²) in [5, 5.41) is 14.6. The summed E-state index contributed by atoms with van der Waals surface area (Å²) in [5.41, 5.74) is 2.87. The van der Waals surface area contributed by atoms with Crippen molar-refractivity contribution in [2.75, 3.05) is 6.61 Å². The summed E-state index contributed by atoms with van der Waals surface area (Å²) in [5.74, 6) is 1.12. The number of H-pyrrole nitrogens is 3. The van der Waals surface area contributed by atoms with Crippen LogP contribution < -0.4 is 21.4 Å². The van der Waals surface area contributed by atoms with Gasteiger partial charge in [0.15, 0.2) is 5.78 Å². The quantitative estimate of drug-likeness (QED) is 0.110. The van der Waals surface area contributed by atoms with Gasteiger partial charge in [-0.3, -0.25) is 34.4 Å². The number of para-hydroxylation sites is 2. The van der Waals surface area contributed by atoms with Crippen LogP contribution in [0.1, 0.15) is 64.0 Å². The number of carbonyl (C=O) groups excluding carboxylic acids is 1. The van der Waals surface area contributed by atoms with Crippen molar-refractivity contribution >= 4 is 27.6 Å². The molecule has 0 aliphatic heterocycles. The summed E-state index contributed by atoms with van der Waals surface area (Å²) >= 11 is 0. The second-order valence-electron chi connectivity index (χ2n) is 9.86. The highest BCUT2D eigenvalue weighted by Crippen LogP contribution is 2.19. The zero-order chi connectivity index (χ0) is 33.3. The molecule has 3 heterocycles. The minimum absolute atomic E-state index is 0. The second-order valence-corrected chi connectivity index (χ2v) is 9.86. The molecule has 0 bridgehead atoms. The number of aromatic hydroxyl groups is 1. The summed E-state index contributed by atoms with van der Waals surface area (Å²) in [6.07, 6.45) is 5.82. The number of aromatic amines is 3. The second kappa shape index (κ2) is 21.0. The van der Waals surface area contributed by atoms with Crippen LogP contribution in [0.3, 0.4) is 0 Å². The molecule has 0 spiro atoms. The molecule has 11 nitrogen and oxygen atoms in total. The molecule has 3 aromatic heterocycles. The lowest BCUT2D eigenvalue weighted by atomic mass is 10.1. The van der Waals surface area contributed by atoms with Gasteiger partial charge in [0, 0.05) is 41.9 Å². The van der Waals surface area contributed by atoms with Crippen LogP contribution >= 0.6 is 0 Å². The van der Waals surface area contributed by atoms with Crippen molar-refractivity contribution < 1.29 is 14.6 Å². The van der Waals surface area contributed by atoms with E-state index in [1.165, 1.54) is 18.3 Å². The highest BCUT2D eigenvalue weighted by atomic mass is 16.5. The molecule has 0 atom stereocenters. The number of pyridine rings is 1. The van der Waals surface area contributed by atoms with Crippen LogP contribution in [0.25, 0.3) is 21.8 Å². The van der Waals surface area contributed by atoms with Crippen LogP contribution in [0, 0.1) is 6.92 Å². The van der Waals surface area contributed by atoms with Gasteiger partial charge in [0.05, 0.1) is 28.7 Å². The van der Waals surface area contributed by atoms with Gasteiger partial charge >= 0.3 is 0 Å². The molecule has 0 amide bonds. The number of nitrogens with zero attached hydrogens (tertiary/aromatic N) is 2. The molecule has 0 aliphatic carbocycles. The number of aromatic nitrogens is 5. The molecule has 6 aromatic rings. The number of carbonyl (C=O) groups is 1. The number of ether oxygens (including phenoxy) is 1. The van der Waals surface area contributed by atoms with Crippen molar-refractivity contribution in [3.05, 3.63) is 140 Å². The number of benzene rings is 3. The fourth-order valence-corrected chi connectivity index (χ4v) is 3.88. The van der Waals surface area contributed by atoms with E-state index in [0.717, 1.165) is 47.5 Å². The Balaban J connectivity index is 0.000000322. The average molecular weight is 656 g/mol. The Morgan fingerprint density at radius 2 is 1.38 bits per heavy atom. The van der Waals surface area contributed by atoms with E-state index in [0.29, 0.717) is 17.2 Å². The Morgan fingerprint density at radius 1 is 0.792 bits per heavy atom. The van der Waals surface area contributed by atoms with Crippen molar-refractivity contribution in [1.29, 1.82) is 0 Å². The van der Waals surface area contributed by atoms with Crippen molar-refractivity contribution in [2.24, 2.45) is 0 Å². The third-order valence-corrected chi connectivity index (χ3v) is 6.32. The minimum Gasteiger partial charge on any atom is -0.506 e. The summed E-state index contributed by atoms with van der Waals surface area (Å²) in [4.78, 5) is 53.9. The smallest absolute Gasteiger partial charge is 0.262 e. The number of aryl methyl sites for hydroxylation is 1. The van der Waals surface area contributed by atoms with Crippen LogP contribution in [0.5, 0.6) is 11.5 Å². The van der Waals surface area contributed by atoms with Crippen LogP contribution in [0.15, 0.2) is 112 Å². The van der Waals surface area contributed by atoms with Crippen molar-refractivity contribution in [3.8, 4) is 11.5 Å². The van der Waals surface area contributed by atoms with Crippen molar-refractivity contribution in [2.45, 2.75) is 54.9 Å². The summed E-state index contributed by atoms with van der Waals surface area (Å²) in [7, 11) is 0. The zero-order valence-electron chi connectivity index (χ0n) is 25.9. The average Bonchev–Trinajstić information content (AvgIpc) is 3.09. The van der Waals surface area contributed by atoms with E-state index < -0.39 is 0 Å².